The SMILES string of the molecule is OC[C@H]1O[C@H](O[C@H]2[C@@H]3O[C@@H]3[C@@H](O[C@H]3[C@@H]4O[C@@H]4[C@@H](O[C@H]4[C@H](O)[C@@H](O)[C@@H](O[C@H]5[C@H](O)[C@@H](O)[C@@H](O)O[C@@H]5CO)O[C@@H]4CO)O[C@@H]3CO)O[C@@H]2CO)[C@H](O)[C@@H](O)[C@@H]1O. The third kappa shape index (κ3) is 7.68. The smallest absolute Gasteiger partial charge is 0.187 e. The van der Waals surface area contributed by atoms with Crippen molar-refractivity contribution in [2.75, 3.05) is 33.0 Å². The molecule has 0 aromatic rings. The summed E-state index contributed by atoms with van der Waals surface area (Å²) in [7, 11) is 0. The Hall–Kier alpha value is -0.960. The van der Waals surface area contributed by atoms with E-state index in [1.807, 2.05) is 0 Å². The number of epoxide rings is 2. The van der Waals surface area contributed by atoms with Crippen molar-refractivity contribution in [3.05, 3.63) is 0 Å². The fourth-order valence-corrected chi connectivity index (χ4v) is 7.53. The minimum Gasteiger partial charge on any atom is -0.394 e. The van der Waals surface area contributed by atoms with Gasteiger partial charge in [0.25, 0.3) is 0 Å². The number of fused-ring (bicyclic) bond motifs is 2. The maximum atomic E-state index is 11.0. The van der Waals surface area contributed by atoms with Crippen molar-refractivity contribution in [3.63, 3.8) is 0 Å². The second-order valence-electron chi connectivity index (χ2n) is 14.1. The summed E-state index contributed by atoms with van der Waals surface area (Å²) in [5.74, 6) is 0. The number of aliphatic hydroxyl groups is 13. The van der Waals surface area contributed by atoms with Gasteiger partial charge in [-0.05, 0) is 0 Å². The molecule has 0 amide bonds. The van der Waals surface area contributed by atoms with Gasteiger partial charge in [0.2, 0.25) is 0 Å². The molecule has 0 aromatic carbocycles. The predicted octanol–water partition coefficient (Wildman–Crippen LogP) is -9.83. The Kier molecular flexibility index (Phi) is 12.8. The molecule has 0 aromatic heterocycles. The van der Waals surface area contributed by atoms with E-state index in [-0.39, 0.29) is 0 Å². The van der Waals surface area contributed by atoms with Crippen molar-refractivity contribution in [2.24, 2.45) is 0 Å². The molecule has 13 N–H and O–H groups in total. The van der Waals surface area contributed by atoms with E-state index in [0.717, 1.165) is 0 Å². The van der Waals surface area contributed by atoms with Gasteiger partial charge < -0.3 is 118 Å². The van der Waals surface area contributed by atoms with Crippen LogP contribution in [0, 0.1) is 0 Å². The van der Waals surface area contributed by atoms with Crippen molar-refractivity contribution >= 4 is 0 Å². The van der Waals surface area contributed by atoms with Crippen LogP contribution in [-0.4, -0.2) is 253 Å². The fraction of sp³-hybridized carbons (Fsp3) is 1.00. The summed E-state index contributed by atoms with van der Waals surface area (Å²) >= 11 is 0. The lowest BCUT2D eigenvalue weighted by molar-refractivity contribution is -0.369. The number of aliphatic hydroxyl groups excluding tert-OH is 13. The van der Waals surface area contributed by atoms with E-state index >= 15 is 0 Å². The minimum absolute atomic E-state index is 0.616. The molecule has 312 valence electrons. The average molecular weight is 793 g/mol. The summed E-state index contributed by atoms with van der Waals surface area (Å²) < 4.78 is 62.8. The number of ether oxygens (including phenoxy) is 11. The van der Waals surface area contributed by atoms with Crippen LogP contribution in [0.2, 0.25) is 0 Å². The molecule has 54 heavy (non-hydrogen) atoms. The molecule has 7 aliphatic heterocycles. The van der Waals surface area contributed by atoms with Gasteiger partial charge in [0.1, 0.15) is 122 Å². The highest BCUT2D eigenvalue weighted by atomic mass is 16.8. The summed E-state index contributed by atoms with van der Waals surface area (Å²) in [6.07, 6.45) is -34.3. The van der Waals surface area contributed by atoms with Crippen LogP contribution < -0.4 is 0 Å². The first-order valence-electron chi connectivity index (χ1n) is 17.5. The molecule has 25 atom stereocenters. The topological polar surface area (TPSA) is 371 Å². The summed E-state index contributed by atoms with van der Waals surface area (Å²) in [4.78, 5) is 0. The fourth-order valence-electron chi connectivity index (χ4n) is 7.53. The van der Waals surface area contributed by atoms with Crippen LogP contribution >= 0.6 is 0 Å². The number of hydrogen-bond donors (Lipinski definition) is 13. The Balaban J connectivity index is 0.951. The maximum Gasteiger partial charge on any atom is 0.187 e. The molecule has 7 heterocycles. The van der Waals surface area contributed by atoms with Crippen molar-refractivity contribution < 1.29 is 118 Å². The molecule has 0 unspecified atom stereocenters. The molecule has 0 bridgehead atoms. The standard InChI is InChI=1S/C30H48O24/c31-1-6-11(36)12(37)16(41)27(45-6)53-20-9(4-34)48-30(25-22(20)49-25)54-21-10(5-35)47-29(24-23(21)50-24)52-19-8(3-33)46-28(17(42)14(19)39)51-18-7(2-32)44-26(43)15(40)13(18)38/h6-43H,1-5H2/t6-,7-,8-,9-,10-,11-,12+,13-,14-,15-,16-,17-,18-,19-,20-,21-,22+,23+,24+,25+,26+,27-,28-,29-,30-/m1/s1. The lowest BCUT2D eigenvalue weighted by Gasteiger charge is -2.46. The highest BCUT2D eigenvalue weighted by Gasteiger charge is 2.65. The van der Waals surface area contributed by atoms with Gasteiger partial charge in [0.15, 0.2) is 31.5 Å². The Morgan fingerprint density at radius 3 is 1.15 bits per heavy atom. The van der Waals surface area contributed by atoms with Gasteiger partial charge in [-0.2, -0.15) is 0 Å². The zero-order valence-corrected chi connectivity index (χ0v) is 28.3. The van der Waals surface area contributed by atoms with Crippen LogP contribution in [0.3, 0.4) is 0 Å². The largest absolute Gasteiger partial charge is 0.394 e. The average Bonchev–Trinajstić information content (AvgIpc) is 4.11. The van der Waals surface area contributed by atoms with Gasteiger partial charge in [-0.1, -0.05) is 0 Å². The molecule has 0 radical (unpaired) electrons. The number of rotatable bonds is 13. The Bertz CT molecular complexity index is 1230. The van der Waals surface area contributed by atoms with Crippen LogP contribution in [0.5, 0.6) is 0 Å². The van der Waals surface area contributed by atoms with Crippen molar-refractivity contribution in [1.82, 2.24) is 0 Å². The van der Waals surface area contributed by atoms with E-state index < -0.39 is 187 Å². The van der Waals surface area contributed by atoms with Crippen LogP contribution in [0.15, 0.2) is 0 Å². The molecule has 24 heteroatoms. The monoisotopic (exact) mass is 792 g/mol. The van der Waals surface area contributed by atoms with Crippen molar-refractivity contribution in [1.29, 1.82) is 0 Å². The molecule has 24 nitrogen and oxygen atoms in total. The lowest BCUT2D eigenvalue weighted by Crippen LogP contribution is -2.65. The van der Waals surface area contributed by atoms with E-state index in [0.29, 0.717) is 0 Å². The van der Waals surface area contributed by atoms with Gasteiger partial charge >= 0.3 is 0 Å². The quantitative estimate of drug-likeness (QED) is 0.0770. The Morgan fingerprint density at radius 2 is 0.648 bits per heavy atom. The molecular formula is C30H48O24. The maximum absolute atomic E-state index is 11.0. The highest BCUT2D eigenvalue weighted by Crippen LogP contribution is 2.46. The molecule has 7 fully saturated rings. The van der Waals surface area contributed by atoms with Gasteiger partial charge in [-0.3, -0.25) is 0 Å². The van der Waals surface area contributed by atoms with E-state index in [4.69, 9.17) is 52.1 Å². The second kappa shape index (κ2) is 16.7. The van der Waals surface area contributed by atoms with Gasteiger partial charge in [0, 0.05) is 0 Å². The number of hydrogen-bond acceptors (Lipinski definition) is 24. The third-order valence-electron chi connectivity index (χ3n) is 10.7. The van der Waals surface area contributed by atoms with Crippen molar-refractivity contribution in [3.8, 4) is 0 Å². The van der Waals surface area contributed by atoms with E-state index in [1.54, 1.807) is 0 Å². The normalized spacial score (nSPS) is 55.8. The van der Waals surface area contributed by atoms with E-state index in [1.165, 1.54) is 0 Å². The van der Waals surface area contributed by atoms with Gasteiger partial charge in [-0.25, -0.2) is 0 Å². The summed E-state index contributed by atoms with van der Waals surface area (Å²) in [6, 6.07) is 0. The van der Waals surface area contributed by atoms with E-state index in [2.05, 4.69) is 0 Å². The Labute approximate surface area is 305 Å². The Morgan fingerprint density at radius 1 is 0.296 bits per heavy atom. The molecule has 0 saturated carbocycles. The second-order valence-corrected chi connectivity index (χ2v) is 14.1. The van der Waals surface area contributed by atoms with Gasteiger partial charge in [-0.15, -0.1) is 0 Å². The summed E-state index contributed by atoms with van der Waals surface area (Å²) in [5, 5.41) is 132. The molecular weight excluding hydrogens is 744 g/mol. The van der Waals surface area contributed by atoms with Crippen LogP contribution in [0.4, 0.5) is 0 Å². The zero-order valence-electron chi connectivity index (χ0n) is 28.3. The molecule has 0 aliphatic carbocycles. The zero-order chi connectivity index (χ0) is 38.7. The third-order valence-corrected chi connectivity index (χ3v) is 10.7. The predicted molar refractivity (Wildman–Crippen MR) is 160 cm³/mol. The van der Waals surface area contributed by atoms with Crippen molar-refractivity contribution in [2.45, 2.75) is 154 Å². The molecule has 7 rings (SSSR count). The van der Waals surface area contributed by atoms with Crippen LogP contribution in [0.1, 0.15) is 0 Å². The van der Waals surface area contributed by atoms with E-state index in [9.17, 15) is 66.4 Å². The molecule has 7 saturated heterocycles. The van der Waals surface area contributed by atoms with Crippen LogP contribution in [0.25, 0.3) is 0 Å². The molecule has 0 spiro atoms. The van der Waals surface area contributed by atoms with Gasteiger partial charge in [0.05, 0.1) is 33.0 Å². The lowest BCUT2D eigenvalue weighted by atomic mass is 9.96. The minimum atomic E-state index is -1.89. The first kappa shape index (κ1) is 41.2. The first-order valence-corrected chi connectivity index (χ1v) is 17.5. The highest BCUT2D eigenvalue weighted by molar-refractivity contribution is 5.07. The summed E-state index contributed by atoms with van der Waals surface area (Å²) in [5.41, 5.74) is 0. The summed E-state index contributed by atoms with van der Waals surface area (Å²) in [6.45, 7) is -3.48. The molecule has 7 aliphatic rings. The van der Waals surface area contributed by atoms with Crippen LogP contribution in [-0.2, 0) is 52.1 Å². The first-order chi connectivity index (χ1) is 25.8.